The topological polar surface area (TPSA) is 126 Å². The summed E-state index contributed by atoms with van der Waals surface area (Å²) in [6.07, 6.45) is 1.19. The number of carbonyl (C=O) groups is 1. The fourth-order valence-corrected chi connectivity index (χ4v) is 1.81. The molecular formula is C13H17N5O3. The fourth-order valence-electron chi connectivity index (χ4n) is 1.81. The highest BCUT2D eigenvalue weighted by Gasteiger charge is 2.22. The van der Waals surface area contributed by atoms with Crippen molar-refractivity contribution in [2.24, 2.45) is 5.92 Å². The molecule has 0 radical (unpaired) electrons. The first-order chi connectivity index (χ1) is 9.86. The summed E-state index contributed by atoms with van der Waals surface area (Å²) < 4.78 is 0. The number of hydrogen-bond acceptors (Lipinski definition) is 6. The minimum Gasteiger partial charge on any atom is -0.383 e. The Morgan fingerprint density at radius 1 is 1.62 bits per heavy atom. The summed E-state index contributed by atoms with van der Waals surface area (Å²) in [5, 5.41) is 19.4. The van der Waals surface area contributed by atoms with Gasteiger partial charge in [-0.05, 0) is 5.92 Å². The lowest BCUT2D eigenvalue weighted by Crippen LogP contribution is -2.35. The van der Waals surface area contributed by atoms with Gasteiger partial charge in [0.25, 0.3) is 11.6 Å². The van der Waals surface area contributed by atoms with Crippen molar-refractivity contribution in [3.05, 3.63) is 27.9 Å². The van der Waals surface area contributed by atoms with Crippen molar-refractivity contribution in [2.75, 3.05) is 18.8 Å². The zero-order valence-electron chi connectivity index (χ0n) is 11.9. The molecule has 0 aliphatic carbocycles. The normalized spacial score (nSPS) is 10.2. The number of hydrogen-bond donors (Lipinski definition) is 1. The third-order valence-electron chi connectivity index (χ3n) is 2.71. The number of nitrogens with two attached hydrogens (primary N) is 1. The van der Waals surface area contributed by atoms with Gasteiger partial charge >= 0.3 is 0 Å². The third kappa shape index (κ3) is 4.42. The molecule has 1 heterocycles. The van der Waals surface area contributed by atoms with E-state index in [0.717, 1.165) is 12.3 Å². The molecule has 0 spiro atoms. The molecule has 1 aromatic heterocycles. The van der Waals surface area contributed by atoms with Crippen LogP contribution in [0.1, 0.15) is 30.6 Å². The van der Waals surface area contributed by atoms with Crippen LogP contribution in [0.5, 0.6) is 0 Å². The number of anilines is 1. The van der Waals surface area contributed by atoms with E-state index < -0.39 is 10.8 Å². The Balaban J connectivity index is 3.10. The molecular weight excluding hydrogens is 274 g/mol. The van der Waals surface area contributed by atoms with Crippen molar-refractivity contribution in [2.45, 2.75) is 20.3 Å². The second kappa shape index (κ2) is 7.19. The van der Waals surface area contributed by atoms with E-state index >= 15 is 0 Å². The summed E-state index contributed by atoms with van der Waals surface area (Å²) in [5.74, 6) is -0.315. The summed E-state index contributed by atoms with van der Waals surface area (Å²) in [6, 6.07) is 3.09. The van der Waals surface area contributed by atoms with Gasteiger partial charge in [-0.2, -0.15) is 5.26 Å². The van der Waals surface area contributed by atoms with Gasteiger partial charge in [-0.3, -0.25) is 14.9 Å². The quantitative estimate of drug-likeness (QED) is 0.626. The zero-order valence-corrected chi connectivity index (χ0v) is 11.9. The summed E-state index contributed by atoms with van der Waals surface area (Å²) in [6.45, 7) is 4.54. The Kier molecular flexibility index (Phi) is 5.60. The first-order valence-electron chi connectivity index (χ1n) is 6.43. The van der Waals surface area contributed by atoms with Gasteiger partial charge in [0.15, 0.2) is 0 Å². The Bertz CT molecular complexity index is 580. The summed E-state index contributed by atoms with van der Waals surface area (Å²) in [7, 11) is 0. The number of nitrogen functional groups attached to an aromatic ring is 1. The third-order valence-corrected chi connectivity index (χ3v) is 2.71. The minimum atomic E-state index is -0.634. The van der Waals surface area contributed by atoms with Crippen molar-refractivity contribution in [3.8, 4) is 6.07 Å². The number of nitrogens with zero attached hydrogens (tertiary/aromatic N) is 4. The minimum absolute atomic E-state index is 0.0113. The molecule has 0 fully saturated rings. The first kappa shape index (κ1) is 16.4. The maximum Gasteiger partial charge on any atom is 0.288 e. The molecule has 0 bridgehead atoms. The molecule has 0 saturated heterocycles. The second-order valence-electron chi connectivity index (χ2n) is 4.94. The van der Waals surface area contributed by atoms with E-state index in [1.807, 2.05) is 19.9 Å². The predicted octanol–water partition coefficient (Wildman–Crippen LogP) is 1.58. The molecule has 0 atom stereocenters. The van der Waals surface area contributed by atoms with Gasteiger partial charge in [0.1, 0.15) is 12.0 Å². The monoisotopic (exact) mass is 291 g/mol. The Labute approximate surface area is 122 Å². The number of aromatic nitrogens is 1. The fraction of sp³-hybridized carbons (Fsp3) is 0.462. The molecule has 8 nitrogen and oxygen atoms in total. The van der Waals surface area contributed by atoms with Gasteiger partial charge in [0.2, 0.25) is 0 Å². The van der Waals surface area contributed by atoms with Crippen molar-refractivity contribution >= 4 is 17.4 Å². The van der Waals surface area contributed by atoms with Crippen LogP contribution in [0, 0.1) is 27.4 Å². The van der Waals surface area contributed by atoms with Crippen molar-refractivity contribution in [3.63, 3.8) is 0 Å². The molecule has 8 heteroatoms. The van der Waals surface area contributed by atoms with Crippen LogP contribution in [0.2, 0.25) is 0 Å². The van der Waals surface area contributed by atoms with Crippen molar-refractivity contribution in [1.29, 1.82) is 5.26 Å². The smallest absolute Gasteiger partial charge is 0.288 e. The standard InChI is InChI=1S/C13H17N5O3/c1-9(2)8-17(5-3-4-14)13(19)11-6-10(18(20)21)7-16-12(11)15/h6-7,9H,3,5,8H2,1-2H3,(H2,15,16). The van der Waals surface area contributed by atoms with Crippen LogP contribution in [0.4, 0.5) is 11.5 Å². The molecule has 1 amide bonds. The Morgan fingerprint density at radius 3 is 2.81 bits per heavy atom. The van der Waals surface area contributed by atoms with E-state index in [4.69, 9.17) is 11.0 Å². The van der Waals surface area contributed by atoms with E-state index in [-0.39, 0.29) is 36.0 Å². The molecule has 0 unspecified atom stereocenters. The number of nitriles is 1. The molecule has 0 aliphatic rings. The van der Waals surface area contributed by atoms with Crippen LogP contribution in [-0.4, -0.2) is 33.8 Å². The molecule has 2 N–H and O–H groups in total. The number of pyridine rings is 1. The lowest BCUT2D eigenvalue weighted by molar-refractivity contribution is -0.385. The number of carbonyl (C=O) groups excluding carboxylic acids is 1. The lowest BCUT2D eigenvalue weighted by Gasteiger charge is -2.23. The van der Waals surface area contributed by atoms with Gasteiger partial charge in [0, 0.05) is 19.2 Å². The van der Waals surface area contributed by atoms with E-state index in [9.17, 15) is 14.9 Å². The van der Waals surface area contributed by atoms with E-state index in [1.165, 1.54) is 4.90 Å². The summed E-state index contributed by atoms with van der Waals surface area (Å²) in [4.78, 5) is 27.7. The maximum absolute atomic E-state index is 12.5. The van der Waals surface area contributed by atoms with E-state index in [2.05, 4.69) is 4.98 Å². The number of nitro groups is 1. The highest BCUT2D eigenvalue weighted by Crippen LogP contribution is 2.19. The molecule has 0 saturated carbocycles. The summed E-state index contributed by atoms with van der Waals surface area (Å²) in [5.41, 5.74) is 5.34. The summed E-state index contributed by atoms with van der Waals surface area (Å²) >= 11 is 0. The molecule has 1 aromatic rings. The molecule has 21 heavy (non-hydrogen) atoms. The van der Waals surface area contributed by atoms with Crippen LogP contribution in [-0.2, 0) is 0 Å². The molecule has 112 valence electrons. The van der Waals surface area contributed by atoms with Gasteiger partial charge in [-0.15, -0.1) is 0 Å². The van der Waals surface area contributed by atoms with E-state index in [0.29, 0.717) is 6.54 Å². The van der Waals surface area contributed by atoms with Crippen LogP contribution < -0.4 is 5.73 Å². The van der Waals surface area contributed by atoms with Gasteiger partial charge in [-0.1, -0.05) is 13.8 Å². The highest BCUT2D eigenvalue weighted by molar-refractivity contribution is 5.98. The number of amides is 1. The molecule has 0 aromatic carbocycles. The van der Waals surface area contributed by atoms with Crippen molar-refractivity contribution in [1.82, 2.24) is 9.88 Å². The zero-order chi connectivity index (χ0) is 16.0. The second-order valence-corrected chi connectivity index (χ2v) is 4.94. The van der Waals surface area contributed by atoms with Crippen LogP contribution in [0.25, 0.3) is 0 Å². The van der Waals surface area contributed by atoms with E-state index in [1.54, 1.807) is 0 Å². The van der Waals surface area contributed by atoms with Gasteiger partial charge < -0.3 is 10.6 Å². The average molecular weight is 291 g/mol. The molecule has 0 aliphatic heterocycles. The Morgan fingerprint density at radius 2 is 2.29 bits per heavy atom. The van der Waals surface area contributed by atoms with Crippen LogP contribution in [0.3, 0.4) is 0 Å². The van der Waals surface area contributed by atoms with Gasteiger partial charge in [0.05, 0.1) is 23.0 Å². The number of rotatable bonds is 6. The first-order valence-corrected chi connectivity index (χ1v) is 6.43. The largest absolute Gasteiger partial charge is 0.383 e. The predicted molar refractivity (Wildman–Crippen MR) is 76.3 cm³/mol. The van der Waals surface area contributed by atoms with Crippen molar-refractivity contribution < 1.29 is 9.72 Å². The Hall–Kier alpha value is -2.69. The lowest BCUT2D eigenvalue weighted by atomic mass is 10.1. The average Bonchev–Trinajstić information content (AvgIpc) is 2.42. The maximum atomic E-state index is 12.5. The van der Waals surface area contributed by atoms with Crippen LogP contribution in [0.15, 0.2) is 12.3 Å². The molecule has 1 rings (SSSR count). The highest BCUT2D eigenvalue weighted by atomic mass is 16.6. The van der Waals surface area contributed by atoms with Gasteiger partial charge in [-0.25, -0.2) is 4.98 Å². The SMILES string of the molecule is CC(C)CN(CCC#N)C(=O)c1cc([N+](=O)[O-])cnc1N. The van der Waals surface area contributed by atoms with Crippen LogP contribution >= 0.6 is 0 Å².